The van der Waals surface area contributed by atoms with E-state index in [0.29, 0.717) is 32.1 Å². The van der Waals surface area contributed by atoms with Crippen LogP contribution >= 0.6 is 0 Å². The summed E-state index contributed by atoms with van der Waals surface area (Å²) >= 11 is 0. The number of nitrogens with zero attached hydrogens (tertiary/aromatic N) is 1. The number of carbonyl (C=O) groups is 2. The number of hydrogen-bond acceptors (Lipinski definition) is 4. The molecule has 4 unspecified atom stereocenters. The molecule has 0 bridgehead atoms. The normalized spacial score (nSPS) is 35.4. The van der Waals surface area contributed by atoms with Crippen molar-refractivity contribution in [2.75, 3.05) is 19.8 Å². The standard InChI is InChI=1S/C13H22N2O4/c1-2-8-3-4-15(11(5-8)13(17)18)12(16)9-6-19-7-10(9)14/h8-11H,2-7,14H2,1H3,(H,17,18). The molecule has 2 rings (SSSR count). The third-order valence-electron chi connectivity index (χ3n) is 4.30. The average molecular weight is 270 g/mol. The van der Waals surface area contributed by atoms with E-state index in [2.05, 4.69) is 6.92 Å². The fourth-order valence-electron chi connectivity index (χ4n) is 2.95. The lowest BCUT2D eigenvalue weighted by Gasteiger charge is -2.38. The topological polar surface area (TPSA) is 92.9 Å². The monoisotopic (exact) mass is 270 g/mol. The number of piperidine rings is 1. The largest absolute Gasteiger partial charge is 0.480 e. The third-order valence-corrected chi connectivity index (χ3v) is 4.30. The molecule has 2 saturated heterocycles. The molecular formula is C13H22N2O4. The first kappa shape index (κ1) is 14.3. The van der Waals surface area contributed by atoms with E-state index < -0.39 is 12.0 Å². The second-order valence-electron chi connectivity index (χ2n) is 5.49. The highest BCUT2D eigenvalue weighted by molar-refractivity contribution is 5.86. The van der Waals surface area contributed by atoms with Crippen LogP contribution in [-0.4, -0.2) is 53.7 Å². The van der Waals surface area contributed by atoms with Crippen molar-refractivity contribution in [1.82, 2.24) is 4.90 Å². The van der Waals surface area contributed by atoms with Crippen LogP contribution in [0.3, 0.4) is 0 Å². The first-order valence-electron chi connectivity index (χ1n) is 6.91. The number of carboxylic acids is 1. The lowest BCUT2D eigenvalue weighted by molar-refractivity contribution is -0.155. The Balaban J connectivity index is 2.08. The van der Waals surface area contributed by atoms with Crippen LogP contribution in [0.1, 0.15) is 26.2 Å². The van der Waals surface area contributed by atoms with E-state index in [1.54, 1.807) is 0 Å². The number of carbonyl (C=O) groups excluding carboxylic acids is 1. The summed E-state index contributed by atoms with van der Waals surface area (Å²) in [5, 5.41) is 9.32. The molecule has 0 spiro atoms. The number of nitrogens with two attached hydrogens (primary N) is 1. The number of likely N-dealkylation sites (tertiary alicyclic amines) is 1. The molecule has 19 heavy (non-hydrogen) atoms. The highest BCUT2D eigenvalue weighted by Gasteiger charge is 2.41. The third kappa shape index (κ3) is 2.90. The molecule has 0 aromatic carbocycles. The van der Waals surface area contributed by atoms with E-state index in [1.807, 2.05) is 0 Å². The Morgan fingerprint density at radius 1 is 1.42 bits per heavy atom. The Morgan fingerprint density at radius 2 is 2.16 bits per heavy atom. The van der Waals surface area contributed by atoms with Crippen LogP contribution in [0.15, 0.2) is 0 Å². The van der Waals surface area contributed by atoms with Gasteiger partial charge in [0.2, 0.25) is 5.91 Å². The fraction of sp³-hybridized carbons (Fsp3) is 0.846. The molecule has 0 aromatic heterocycles. The molecule has 0 saturated carbocycles. The van der Waals surface area contributed by atoms with Crippen LogP contribution in [0.25, 0.3) is 0 Å². The number of aliphatic carboxylic acids is 1. The average Bonchev–Trinajstić information content (AvgIpc) is 2.83. The van der Waals surface area contributed by atoms with E-state index in [4.69, 9.17) is 10.5 Å². The summed E-state index contributed by atoms with van der Waals surface area (Å²) in [5.74, 6) is -1.08. The molecule has 4 atom stereocenters. The zero-order chi connectivity index (χ0) is 14.0. The molecule has 1 amide bonds. The number of carboxylic acid groups (broad SMARTS) is 1. The molecule has 0 radical (unpaired) electrons. The second kappa shape index (κ2) is 5.88. The molecule has 2 aliphatic heterocycles. The quantitative estimate of drug-likeness (QED) is 0.756. The van der Waals surface area contributed by atoms with Crippen LogP contribution in [0.4, 0.5) is 0 Å². The predicted octanol–water partition coefficient (Wildman–Crippen LogP) is 0.0619. The van der Waals surface area contributed by atoms with Gasteiger partial charge in [0.25, 0.3) is 0 Å². The fourth-order valence-corrected chi connectivity index (χ4v) is 2.95. The van der Waals surface area contributed by atoms with Gasteiger partial charge in [-0.3, -0.25) is 4.79 Å². The molecule has 3 N–H and O–H groups in total. The van der Waals surface area contributed by atoms with Gasteiger partial charge in [-0.1, -0.05) is 13.3 Å². The van der Waals surface area contributed by atoms with Crippen molar-refractivity contribution >= 4 is 11.9 Å². The maximum atomic E-state index is 12.4. The molecule has 6 heteroatoms. The van der Waals surface area contributed by atoms with Crippen molar-refractivity contribution < 1.29 is 19.4 Å². The lowest BCUT2D eigenvalue weighted by Crippen LogP contribution is -2.54. The Kier molecular flexibility index (Phi) is 4.42. The molecule has 108 valence electrons. The van der Waals surface area contributed by atoms with Crippen molar-refractivity contribution in [3.63, 3.8) is 0 Å². The molecule has 6 nitrogen and oxygen atoms in total. The smallest absolute Gasteiger partial charge is 0.326 e. The van der Waals surface area contributed by atoms with Crippen LogP contribution in [0.5, 0.6) is 0 Å². The summed E-state index contributed by atoms with van der Waals surface area (Å²) in [5.41, 5.74) is 5.84. The van der Waals surface area contributed by atoms with Crippen molar-refractivity contribution in [2.45, 2.75) is 38.3 Å². The molecule has 2 fully saturated rings. The van der Waals surface area contributed by atoms with Crippen LogP contribution in [0, 0.1) is 11.8 Å². The minimum Gasteiger partial charge on any atom is -0.480 e. The minimum atomic E-state index is -0.918. The van der Waals surface area contributed by atoms with E-state index in [0.717, 1.165) is 12.8 Å². The first-order valence-corrected chi connectivity index (χ1v) is 6.91. The van der Waals surface area contributed by atoms with Crippen LogP contribution < -0.4 is 5.73 Å². The van der Waals surface area contributed by atoms with Crippen molar-refractivity contribution in [2.24, 2.45) is 17.6 Å². The summed E-state index contributed by atoms with van der Waals surface area (Å²) < 4.78 is 5.20. The zero-order valence-electron chi connectivity index (χ0n) is 11.2. The first-order chi connectivity index (χ1) is 9.04. The highest BCUT2D eigenvalue weighted by Crippen LogP contribution is 2.28. The van der Waals surface area contributed by atoms with Gasteiger partial charge in [-0.05, 0) is 18.8 Å². The molecular weight excluding hydrogens is 248 g/mol. The van der Waals surface area contributed by atoms with Gasteiger partial charge in [0.05, 0.1) is 19.1 Å². The summed E-state index contributed by atoms with van der Waals surface area (Å²) in [7, 11) is 0. The summed E-state index contributed by atoms with van der Waals surface area (Å²) in [6.07, 6.45) is 2.37. The maximum Gasteiger partial charge on any atom is 0.326 e. The molecule has 2 aliphatic rings. The Morgan fingerprint density at radius 3 is 2.68 bits per heavy atom. The highest BCUT2D eigenvalue weighted by atomic mass is 16.5. The SMILES string of the molecule is CCC1CCN(C(=O)C2COCC2N)C(C(=O)O)C1. The van der Waals surface area contributed by atoms with Crippen LogP contribution in [0.2, 0.25) is 0 Å². The van der Waals surface area contributed by atoms with Gasteiger partial charge in [0.1, 0.15) is 6.04 Å². The van der Waals surface area contributed by atoms with Gasteiger partial charge in [-0.25, -0.2) is 4.79 Å². The van der Waals surface area contributed by atoms with Crippen molar-refractivity contribution in [1.29, 1.82) is 0 Å². The predicted molar refractivity (Wildman–Crippen MR) is 68.4 cm³/mol. The van der Waals surface area contributed by atoms with Gasteiger partial charge >= 0.3 is 5.97 Å². The van der Waals surface area contributed by atoms with E-state index in [9.17, 15) is 14.7 Å². The number of ether oxygens (including phenoxy) is 1. The Bertz CT molecular complexity index is 361. The van der Waals surface area contributed by atoms with Gasteiger partial charge in [0, 0.05) is 12.6 Å². The van der Waals surface area contributed by atoms with Crippen LogP contribution in [-0.2, 0) is 14.3 Å². The second-order valence-corrected chi connectivity index (χ2v) is 5.49. The minimum absolute atomic E-state index is 0.160. The molecule has 0 aromatic rings. The van der Waals surface area contributed by atoms with Gasteiger partial charge in [-0.15, -0.1) is 0 Å². The van der Waals surface area contributed by atoms with E-state index in [-0.39, 0.29) is 17.9 Å². The van der Waals surface area contributed by atoms with Gasteiger partial charge in [-0.2, -0.15) is 0 Å². The van der Waals surface area contributed by atoms with Gasteiger partial charge in [0.15, 0.2) is 0 Å². The Hall–Kier alpha value is -1.14. The molecule has 0 aliphatic carbocycles. The van der Waals surface area contributed by atoms with Crippen molar-refractivity contribution in [3.8, 4) is 0 Å². The number of amides is 1. The number of rotatable bonds is 3. The molecule has 2 heterocycles. The summed E-state index contributed by atoms with van der Waals surface area (Å²) in [6, 6.07) is -1.02. The van der Waals surface area contributed by atoms with E-state index >= 15 is 0 Å². The van der Waals surface area contributed by atoms with Crippen molar-refractivity contribution in [3.05, 3.63) is 0 Å². The Labute approximate surface area is 112 Å². The maximum absolute atomic E-state index is 12.4. The van der Waals surface area contributed by atoms with Gasteiger partial charge < -0.3 is 20.5 Å². The summed E-state index contributed by atoms with van der Waals surface area (Å²) in [6.45, 7) is 3.25. The number of hydrogen-bond donors (Lipinski definition) is 2. The van der Waals surface area contributed by atoms with E-state index in [1.165, 1.54) is 4.90 Å². The zero-order valence-corrected chi connectivity index (χ0v) is 11.2. The lowest BCUT2D eigenvalue weighted by atomic mass is 9.87. The summed E-state index contributed by atoms with van der Waals surface area (Å²) in [4.78, 5) is 25.3.